The van der Waals surface area contributed by atoms with E-state index in [-0.39, 0.29) is 11.9 Å². The monoisotopic (exact) mass is 358 g/mol. The van der Waals surface area contributed by atoms with Crippen LogP contribution < -0.4 is 4.90 Å². The summed E-state index contributed by atoms with van der Waals surface area (Å²) >= 11 is 1.61. The Morgan fingerprint density at radius 1 is 1.08 bits per heavy atom. The molecule has 0 spiro atoms. The highest BCUT2D eigenvalue weighted by Gasteiger charge is 2.24. The van der Waals surface area contributed by atoms with E-state index in [1.807, 2.05) is 40.6 Å². The fourth-order valence-corrected chi connectivity index (χ4v) is 3.70. The van der Waals surface area contributed by atoms with E-state index < -0.39 is 0 Å². The highest BCUT2D eigenvalue weighted by molar-refractivity contribution is 7.10. The molecule has 3 rings (SSSR count). The number of anilines is 1. The standard InChI is InChI=1S/C19H22N2O3S/c1-2-24-19(23)16-7-3-4-8-17(16)20-9-11-21(12-10-20)18(22)14-15-6-5-13-25-15/h3-8,13H,2,9-12,14H2,1H3. The van der Waals surface area contributed by atoms with Crippen LogP contribution in [0, 0.1) is 0 Å². The first kappa shape index (κ1) is 17.5. The van der Waals surface area contributed by atoms with Gasteiger partial charge in [-0.15, -0.1) is 11.3 Å². The van der Waals surface area contributed by atoms with Crippen molar-refractivity contribution in [3.8, 4) is 0 Å². The summed E-state index contributed by atoms with van der Waals surface area (Å²) in [4.78, 5) is 29.7. The molecule has 5 nitrogen and oxygen atoms in total. The largest absolute Gasteiger partial charge is 0.462 e. The van der Waals surface area contributed by atoms with Gasteiger partial charge in [-0.3, -0.25) is 4.79 Å². The van der Waals surface area contributed by atoms with Crippen LogP contribution in [-0.4, -0.2) is 49.6 Å². The van der Waals surface area contributed by atoms with Gasteiger partial charge in [0.2, 0.25) is 5.91 Å². The molecule has 0 unspecified atom stereocenters. The van der Waals surface area contributed by atoms with Gasteiger partial charge in [0.25, 0.3) is 0 Å². The second kappa shape index (κ2) is 8.16. The number of thiophene rings is 1. The first-order valence-corrected chi connectivity index (χ1v) is 9.38. The fourth-order valence-electron chi connectivity index (χ4n) is 3.00. The van der Waals surface area contributed by atoms with Crippen molar-refractivity contribution in [3.05, 3.63) is 52.2 Å². The average Bonchev–Trinajstić information content (AvgIpc) is 3.15. The molecular formula is C19H22N2O3S. The van der Waals surface area contributed by atoms with Gasteiger partial charge in [0.1, 0.15) is 0 Å². The van der Waals surface area contributed by atoms with Crippen molar-refractivity contribution in [3.63, 3.8) is 0 Å². The smallest absolute Gasteiger partial charge is 0.340 e. The number of para-hydroxylation sites is 1. The molecule has 0 bridgehead atoms. The van der Waals surface area contributed by atoms with Crippen LogP contribution in [0.25, 0.3) is 0 Å². The first-order chi connectivity index (χ1) is 12.2. The van der Waals surface area contributed by atoms with Crippen LogP contribution >= 0.6 is 11.3 Å². The molecule has 0 N–H and O–H groups in total. The number of amides is 1. The SMILES string of the molecule is CCOC(=O)c1ccccc1N1CCN(C(=O)Cc2cccs2)CC1. The molecular weight excluding hydrogens is 336 g/mol. The first-order valence-electron chi connectivity index (χ1n) is 8.50. The second-order valence-corrected chi connectivity index (χ2v) is 6.89. The Balaban J connectivity index is 1.63. The Bertz CT molecular complexity index is 722. The zero-order valence-corrected chi connectivity index (χ0v) is 15.1. The molecule has 0 radical (unpaired) electrons. The second-order valence-electron chi connectivity index (χ2n) is 5.86. The summed E-state index contributed by atoms with van der Waals surface area (Å²) in [6.07, 6.45) is 0.469. The van der Waals surface area contributed by atoms with Gasteiger partial charge in [0.05, 0.1) is 24.3 Å². The van der Waals surface area contributed by atoms with Gasteiger partial charge >= 0.3 is 5.97 Å². The predicted octanol–water partition coefficient (Wildman–Crippen LogP) is 2.82. The lowest BCUT2D eigenvalue weighted by atomic mass is 10.1. The van der Waals surface area contributed by atoms with Crippen LogP contribution in [0.3, 0.4) is 0 Å². The van der Waals surface area contributed by atoms with Crippen LogP contribution in [0.5, 0.6) is 0 Å². The molecule has 25 heavy (non-hydrogen) atoms. The van der Waals surface area contributed by atoms with E-state index >= 15 is 0 Å². The lowest BCUT2D eigenvalue weighted by Gasteiger charge is -2.36. The van der Waals surface area contributed by atoms with E-state index in [9.17, 15) is 9.59 Å². The minimum atomic E-state index is -0.297. The van der Waals surface area contributed by atoms with Gasteiger partial charge in [0.15, 0.2) is 0 Å². The number of hydrogen-bond acceptors (Lipinski definition) is 5. The van der Waals surface area contributed by atoms with Crippen LogP contribution in [0.1, 0.15) is 22.2 Å². The zero-order valence-electron chi connectivity index (χ0n) is 14.3. The van der Waals surface area contributed by atoms with E-state index in [1.165, 1.54) is 0 Å². The molecule has 132 valence electrons. The topological polar surface area (TPSA) is 49.9 Å². The molecule has 1 fully saturated rings. The Morgan fingerprint density at radius 3 is 2.52 bits per heavy atom. The van der Waals surface area contributed by atoms with Crippen molar-refractivity contribution >= 4 is 28.9 Å². The minimum Gasteiger partial charge on any atom is -0.462 e. The molecule has 1 aromatic carbocycles. The number of benzene rings is 1. The third kappa shape index (κ3) is 4.20. The molecule has 1 amide bonds. The number of esters is 1. The van der Waals surface area contributed by atoms with Crippen LogP contribution in [0.2, 0.25) is 0 Å². The van der Waals surface area contributed by atoms with Gasteiger partial charge in [-0.2, -0.15) is 0 Å². The normalized spacial score (nSPS) is 14.4. The summed E-state index contributed by atoms with van der Waals surface area (Å²) in [6.45, 7) is 4.93. The predicted molar refractivity (Wildman–Crippen MR) is 99.2 cm³/mol. The maximum Gasteiger partial charge on any atom is 0.340 e. The summed E-state index contributed by atoms with van der Waals surface area (Å²) < 4.78 is 5.15. The third-order valence-corrected chi connectivity index (χ3v) is 5.15. The molecule has 1 aliphatic rings. The van der Waals surface area contributed by atoms with Crippen molar-refractivity contribution < 1.29 is 14.3 Å². The maximum absolute atomic E-state index is 12.4. The molecule has 0 atom stereocenters. The molecule has 1 aromatic heterocycles. The van der Waals surface area contributed by atoms with Crippen LogP contribution in [0.15, 0.2) is 41.8 Å². The summed E-state index contributed by atoms with van der Waals surface area (Å²) in [5.74, 6) is -0.130. The van der Waals surface area contributed by atoms with E-state index in [0.717, 1.165) is 10.6 Å². The van der Waals surface area contributed by atoms with Gasteiger partial charge in [-0.1, -0.05) is 18.2 Å². The highest BCUT2D eigenvalue weighted by Crippen LogP contribution is 2.23. The van der Waals surface area contributed by atoms with E-state index in [4.69, 9.17) is 4.74 Å². The van der Waals surface area contributed by atoms with E-state index in [2.05, 4.69) is 4.90 Å². The number of nitrogens with zero attached hydrogens (tertiary/aromatic N) is 2. The molecule has 2 heterocycles. The summed E-state index contributed by atoms with van der Waals surface area (Å²) in [6, 6.07) is 11.5. The molecule has 1 aliphatic heterocycles. The number of carbonyl (C=O) groups is 2. The third-order valence-electron chi connectivity index (χ3n) is 4.28. The quantitative estimate of drug-likeness (QED) is 0.771. The molecule has 1 saturated heterocycles. The molecule has 0 aliphatic carbocycles. The molecule has 6 heteroatoms. The fraction of sp³-hybridized carbons (Fsp3) is 0.368. The summed E-state index contributed by atoms with van der Waals surface area (Å²) in [5.41, 5.74) is 1.47. The van der Waals surface area contributed by atoms with Gasteiger partial charge in [-0.05, 0) is 30.5 Å². The number of carbonyl (C=O) groups excluding carboxylic acids is 2. The van der Waals surface area contributed by atoms with Crippen molar-refractivity contribution in [2.75, 3.05) is 37.7 Å². The summed E-state index contributed by atoms with van der Waals surface area (Å²) in [7, 11) is 0. The van der Waals surface area contributed by atoms with Crippen molar-refractivity contribution in [1.29, 1.82) is 0 Å². The van der Waals surface area contributed by atoms with Crippen molar-refractivity contribution in [2.45, 2.75) is 13.3 Å². The Hall–Kier alpha value is -2.34. The van der Waals surface area contributed by atoms with Crippen molar-refractivity contribution in [2.24, 2.45) is 0 Å². The molecule has 2 aromatic rings. The van der Waals surface area contributed by atoms with E-state index in [1.54, 1.807) is 24.3 Å². The maximum atomic E-state index is 12.4. The lowest BCUT2D eigenvalue weighted by molar-refractivity contribution is -0.130. The highest BCUT2D eigenvalue weighted by atomic mass is 32.1. The Kier molecular flexibility index (Phi) is 5.71. The van der Waals surface area contributed by atoms with Crippen LogP contribution in [0.4, 0.5) is 5.69 Å². The zero-order chi connectivity index (χ0) is 17.6. The molecule has 0 saturated carbocycles. The summed E-state index contributed by atoms with van der Waals surface area (Å²) in [5, 5.41) is 1.99. The van der Waals surface area contributed by atoms with Gasteiger partial charge in [0, 0.05) is 31.1 Å². The van der Waals surface area contributed by atoms with Gasteiger partial charge in [-0.25, -0.2) is 4.79 Å². The Morgan fingerprint density at radius 2 is 1.84 bits per heavy atom. The van der Waals surface area contributed by atoms with E-state index in [0.29, 0.717) is 44.8 Å². The number of ether oxygens (including phenoxy) is 1. The van der Waals surface area contributed by atoms with Gasteiger partial charge < -0.3 is 14.5 Å². The number of piperazine rings is 1. The number of hydrogen-bond donors (Lipinski definition) is 0. The Labute approximate surface area is 151 Å². The lowest BCUT2D eigenvalue weighted by Crippen LogP contribution is -2.49. The number of rotatable bonds is 5. The van der Waals surface area contributed by atoms with Crippen molar-refractivity contribution in [1.82, 2.24) is 4.90 Å². The van der Waals surface area contributed by atoms with Crippen LogP contribution in [-0.2, 0) is 16.0 Å². The minimum absolute atomic E-state index is 0.167. The average molecular weight is 358 g/mol.